The number of anilines is 1. The molecule has 2 aromatic heterocycles. The first-order valence-corrected chi connectivity index (χ1v) is 13.7. The largest absolute Gasteiger partial charge is 0.493 e. The molecule has 0 saturated carbocycles. The first kappa shape index (κ1) is 24.1. The van der Waals surface area contributed by atoms with Gasteiger partial charge in [0.05, 0.1) is 27.9 Å². The van der Waals surface area contributed by atoms with E-state index in [-0.39, 0.29) is 0 Å². The van der Waals surface area contributed by atoms with Crippen LogP contribution in [0.15, 0.2) is 30.5 Å². The number of nitrogens with zero attached hydrogens (tertiary/aromatic N) is 3. The van der Waals surface area contributed by atoms with Gasteiger partial charge in [0, 0.05) is 47.8 Å². The SMILES string of the molecule is Cc1cc2nc(N3CCCC3)sc2c(-c2ccc3c4c(ccnc24)CCO3)c1C(OC(C)(C)C)C(=O)O. The Morgan fingerprint density at radius 3 is 2.73 bits per heavy atom. The number of pyridine rings is 1. The molecule has 8 heteroatoms. The van der Waals surface area contributed by atoms with E-state index in [0.717, 1.165) is 81.0 Å². The van der Waals surface area contributed by atoms with Crippen molar-refractivity contribution in [2.45, 2.75) is 58.7 Å². The van der Waals surface area contributed by atoms with E-state index in [2.05, 4.69) is 4.90 Å². The van der Waals surface area contributed by atoms with E-state index in [0.29, 0.717) is 12.2 Å². The maximum atomic E-state index is 12.7. The number of rotatable bonds is 5. The van der Waals surface area contributed by atoms with E-state index in [9.17, 15) is 9.90 Å². The number of hydrogen-bond donors (Lipinski definition) is 1. The molecule has 0 amide bonds. The molecule has 37 heavy (non-hydrogen) atoms. The quantitative estimate of drug-likeness (QED) is 0.333. The molecule has 0 radical (unpaired) electrons. The Labute approximate surface area is 220 Å². The van der Waals surface area contributed by atoms with Gasteiger partial charge in [0.2, 0.25) is 0 Å². The number of benzene rings is 2. The van der Waals surface area contributed by atoms with Crippen LogP contribution in [0.1, 0.15) is 56.4 Å². The molecule has 6 rings (SSSR count). The summed E-state index contributed by atoms with van der Waals surface area (Å²) in [5.41, 5.74) is 5.47. The van der Waals surface area contributed by atoms with Crippen LogP contribution in [0, 0.1) is 6.92 Å². The minimum absolute atomic E-state index is 0.639. The third-order valence-corrected chi connectivity index (χ3v) is 8.24. The second-order valence-corrected chi connectivity index (χ2v) is 11.9. The Balaban J connectivity index is 1.69. The van der Waals surface area contributed by atoms with Crippen LogP contribution < -0.4 is 9.64 Å². The van der Waals surface area contributed by atoms with Gasteiger partial charge in [-0.05, 0) is 75.9 Å². The van der Waals surface area contributed by atoms with E-state index >= 15 is 0 Å². The first-order valence-electron chi connectivity index (χ1n) is 12.8. The Bertz CT molecular complexity index is 1520. The van der Waals surface area contributed by atoms with Crippen molar-refractivity contribution in [1.29, 1.82) is 0 Å². The molecule has 4 aromatic rings. The van der Waals surface area contributed by atoms with Gasteiger partial charge in [-0.3, -0.25) is 4.98 Å². The van der Waals surface area contributed by atoms with Gasteiger partial charge in [0.15, 0.2) is 11.2 Å². The summed E-state index contributed by atoms with van der Waals surface area (Å²) in [6, 6.07) is 8.06. The third-order valence-electron chi connectivity index (χ3n) is 7.09. The van der Waals surface area contributed by atoms with E-state index < -0.39 is 17.7 Å². The summed E-state index contributed by atoms with van der Waals surface area (Å²) in [6.07, 6.45) is 3.83. The molecule has 192 valence electrons. The molecular weight excluding hydrogens is 486 g/mol. The van der Waals surface area contributed by atoms with E-state index in [1.54, 1.807) is 11.3 Å². The van der Waals surface area contributed by atoms with Gasteiger partial charge >= 0.3 is 5.97 Å². The third kappa shape index (κ3) is 4.22. The van der Waals surface area contributed by atoms with Gasteiger partial charge < -0.3 is 19.5 Å². The maximum absolute atomic E-state index is 12.7. The molecule has 2 aromatic carbocycles. The molecule has 0 bridgehead atoms. The van der Waals surface area contributed by atoms with Gasteiger partial charge in [-0.2, -0.15) is 0 Å². The topological polar surface area (TPSA) is 84.8 Å². The fourth-order valence-corrected chi connectivity index (χ4v) is 6.71. The van der Waals surface area contributed by atoms with Crippen LogP contribution in [-0.2, 0) is 16.0 Å². The van der Waals surface area contributed by atoms with Gasteiger partial charge in [-0.15, -0.1) is 0 Å². The fraction of sp³-hybridized carbons (Fsp3) is 0.414. The molecule has 2 aliphatic rings. The molecule has 0 aliphatic carbocycles. The molecule has 0 spiro atoms. The number of fused-ring (bicyclic) bond motifs is 1. The highest BCUT2D eigenvalue weighted by Gasteiger charge is 2.33. The second kappa shape index (κ2) is 8.96. The molecule has 1 saturated heterocycles. The van der Waals surface area contributed by atoms with Crippen molar-refractivity contribution >= 4 is 43.6 Å². The van der Waals surface area contributed by atoms with Crippen molar-refractivity contribution in [1.82, 2.24) is 9.97 Å². The summed E-state index contributed by atoms with van der Waals surface area (Å²) < 4.78 is 13.1. The first-order chi connectivity index (χ1) is 17.7. The maximum Gasteiger partial charge on any atom is 0.337 e. The highest BCUT2D eigenvalue weighted by atomic mass is 32.1. The number of aliphatic carboxylic acids is 1. The highest BCUT2D eigenvalue weighted by Crippen LogP contribution is 2.47. The van der Waals surface area contributed by atoms with Crippen molar-refractivity contribution in [3.63, 3.8) is 0 Å². The zero-order chi connectivity index (χ0) is 25.9. The lowest BCUT2D eigenvalue weighted by atomic mass is 9.89. The Kier molecular flexibility index (Phi) is 5.84. The normalized spacial score (nSPS) is 16.4. The summed E-state index contributed by atoms with van der Waals surface area (Å²) >= 11 is 1.63. The summed E-state index contributed by atoms with van der Waals surface area (Å²) in [4.78, 5) is 24.9. The standard InChI is InChI=1S/C29H31N3O4S/c1-16-15-19-26(37-28(31-19)32-12-5-6-13-32)23(21(16)25(27(33)34)36-29(2,3)4)18-7-8-20-22-17(10-14-35-20)9-11-30-24(18)22/h7-9,11,15,25H,5-6,10,12-14H2,1-4H3,(H,33,34). The number of hydrogen-bond acceptors (Lipinski definition) is 7. The molecule has 1 fully saturated rings. The second-order valence-electron chi connectivity index (χ2n) is 10.9. The molecule has 2 aliphatic heterocycles. The highest BCUT2D eigenvalue weighted by molar-refractivity contribution is 7.22. The van der Waals surface area contributed by atoms with Gasteiger partial charge in [-0.25, -0.2) is 9.78 Å². The van der Waals surface area contributed by atoms with Crippen molar-refractivity contribution in [2.24, 2.45) is 0 Å². The number of aromatic nitrogens is 2. The molecule has 1 N–H and O–H groups in total. The van der Waals surface area contributed by atoms with Crippen molar-refractivity contribution in [3.05, 3.63) is 47.2 Å². The summed E-state index contributed by atoms with van der Waals surface area (Å²) in [6.45, 7) is 10.2. The average Bonchev–Trinajstić information content (AvgIpc) is 3.52. The Morgan fingerprint density at radius 1 is 1.22 bits per heavy atom. The van der Waals surface area contributed by atoms with Gasteiger partial charge in [0.25, 0.3) is 0 Å². The van der Waals surface area contributed by atoms with Crippen LogP contribution in [0.4, 0.5) is 5.13 Å². The summed E-state index contributed by atoms with van der Waals surface area (Å²) in [5.74, 6) is -0.191. The lowest BCUT2D eigenvalue weighted by Crippen LogP contribution is -2.28. The van der Waals surface area contributed by atoms with Crippen LogP contribution in [0.2, 0.25) is 0 Å². The van der Waals surface area contributed by atoms with Crippen LogP contribution in [0.5, 0.6) is 5.75 Å². The van der Waals surface area contributed by atoms with Crippen LogP contribution in [-0.4, -0.2) is 46.3 Å². The number of ether oxygens (including phenoxy) is 2. The fourth-order valence-electron chi connectivity index (χ4n) is 5.54. The molecule has 7 nitrogen and oxygen atoms in total. The number of carboxylic acid groups (broad SMARTS) is 1. The zero-order valence-corrected chi connectivity index (χ0v) is 22.4. The average molecular weight is 518 g/mol. The van der Waals surface area contributed by atoms with Crippen LogP contribution in [0.3, 0.4) is 0 Å². The summed E-state index contributed by atoms with van der Waals surface area (Å²) in [5, 5.41) is 12.4. The Morgan fingerprint density at radius 2 is 2.00 bits per heavy atom. The molecule has 4 heterocycles. The molecule has 1 unspecified atom stereocenters. The van der Waals surface area contributed by atoms with Gasteiger partial charge in [-0.1, -0.05) is 11.3 Å². The smallest absolute Gasteiger partial charge is 0.337 e. The lowest BCUT2D eigenvalue weighted by Gasteiger charge is -2.28. The van der Waals surface area contributed by atoms with Crippen molar-refractivity contribution < 1.29 is 19.4 Å². The molecular formula is C29H31N3O4S. The minimum Gasteiger partial charge on any atom is -0.493 e. The van der Waals surface area contributed by atoms with Crippen LogP contribution >= 0.6 is 11.3 Å². The zero-order valence-electron chi connectivity index (χ0n) is 21.6. The van der Waals surface area contributed by atoms with E-state index in [1.165, 1.54) is 5.56 Å². The number of thiazole rings is 1. The van der Waals surface area contributed by atoms with Crippen LogP contribution in [0.25, 0.3) is 32.2 Å². The monoisotopic (exact) mass is 517 g/mol. The predicted molar refractivity (Wildman–Crippen MR) is 147 cm³/mol. The van der Waals surface area contributed by atoms with Gasteiger partial charge in [0.1, 0.15) is 5.75 Å². The minimum atomic E-state index is -1.14. The number of aryl methyl sites for hydroxylation is 1. The lowest BCUT2D eigenvalue weighted by molar-refractivity contribution is -0.160. The van der Waals surface area contributed by atoms with E-state index in [1.807, 2.05) is 58.2 Å². The number of carbonyl (C=O) groups is 1. The summed E-state index contributed by atoms with van der Waals surface area (Å²) in [7, 11) is 0. The van der Waals surface area contributed by atoms with Crippen molar-refractivity contribution in [3.8, 4) is 16.9 Å². The Hall–Kier alpha value is -3.23. The number of carboxylic acids is 1. The van der Waals surface area contributed by atoms with Crippen molar-refractivity contribution in [2.75, 3.05) is 24.6 Å². The van der Waals surface area contributed by atoms with E-state index in [4.69, 9.17) is 19.4 Å². The molecule has 1 atom stereocenters. The predicted octanol–water partition coefficient (Wildman–Crippen LogP) is 6.30.